The first kappa shape index (κ1) is 19.1. The molecule has 0 heterocycles. The predicted octanol–water partition coefficient (Wildman–Crippen LogP) is 2.77. The molecule has 2 aromatic rings. The van der Waals surface area contributed by atoms with Gasteiger partial charge in [-0.15, -0.1) is 0 Å². The van der Waals surface area contributed by atoms with Crippen molar-refractivity contribution in [3.8, 4) is 0 Å². The lowest BCUT2D eigenvalue weighted by molar-refractivity contribution is -0.124. The van der Waals surface area contributed by atoms with Crippen LogP contribution in [-0.2, 0) is 16.1 Å². The van der Waals surface area contributed by atoms with E-state index in [4.69, 9.17) is 0 Å². The Morgan fingerprint density at radius 1 is 1.08 bits per heavy atom. The number of hydrogen-bond acceptors (Lipinski definition) is 3. The topological polar surface area (TPSA) is 61.4 Å². The molecule has 0 spiro atoms. The summed E-state index contributed by atoms with van der Waals surface area (Å²) >= 11 is 3.47. The van der Waals surface area contributed by atoms with Gasteiger partial charge in [-0.3, -0.25) is 14.5 Å². The maximum atomic E-state index is 12.8. The molecule has 132 valence electrons. The lowest BCUT2D eigenvalue weighted by Gasteiger charge is -2.17. The lowest BCUT2D eigenvalue weighted by Crippen LogP contribution is -2.39. The standard InChI is InChI=1S/C18H19BrFN3O2/c1-23(11-13-4-2-3-5-16(13)19)12-18(25)21-10-17(24)22-15-8-6-14(20)7-9-15/h2-9H,10-12H2,1H3,(H,21,25)(H,22,24). The van der Waals surface area contributed by atoms with E-state index in [1.165, 1.54) is 24.3 Å². The third kappa shape index (κ3) is 6.64. The fourth-order valence-electron chi connectivity index (χ4n) is 2.19. The molecule has 2 amide bonds. The van der Waals surface area contributed by atoms with Crippen molar-refractivity contribution in [1.29, 1.82) is 0 Å². The molecule has 0 aliphatic heterocycles. The Hall–Kier alpha value is -2.25. The number of likely N-dealkylation sites (N-methyl/N-ethyl adjacent to an activating group) is 1. The van der Waals surface area contributed by atoms with Crippen LogP contribution in [0.25, 0.3) is 0 Å². The van der Waals surface area contributed by atoms with Crippen LogP contribution in [0.3, 0.4) is 0 Å². The van der Waals surface area contributed by atoms with Crippen LogP contribution in [0.2, 0.25) is 0 Å². The molecular weight excluding hydrogens is 389 g/mol. The van der Waals surface area contributed by atoms with E-state index in [1.54, 1.807) is 0 Å². The summed E-state index contributed by atoms with van der Waals surface area (Å²) in [4.78, 5) is 25.6. The second kappa shape index (κ2) is 9.29. The van der Waals surface area contributed by atoms with E-state index >= 15 is 0 Å². The number of hydrogen-bond donors (Lipinski definition) is 2. The smallest absolute Gasteiger partial charge is 0.243 e. The van der Waals surface area contributed by atoms with Crippen molar-refractivity contribution >= 4 is 33.4 Å². The summed E-state index contributed by atoms with van der Waals surface area (Å²) in [5.74, 6) is -0.989. The molecule has 0 saturated carbocycles. The number of halogens is 2. The molecule has 2 aromatic carbocycles. The SMILES string of the molecule is CN(CC(=O)NCC(=O)Nc1ccc(F)cc1)Cc1ccccc1Br. The van der Waals surface area contributed by atoms with Gasteiger partial charge in [0.2, 0.25) is 11.8 Å². The number of amides is 2. The number of anilines is 1. The molecule has 0 atom stereocenters. The molecule has 0 aliphatic rings. The number of carbonyl (C=O) groups excluding carboxylic acids is 2. The summed E-state index contributed by atoms with van der Waals surface area (Å²) in [6.07, 6.45) is 0. The third-order valence-corrected chi connectivity index (χ3v) is 4.16. The molecule has 25 heavy (non-hydrogen) atoms. The highest BCUT2D eigenvalue weighted by molar-refractivity contribution is 9.10. The fraction of sp³-hybridized carbons (Fsp3) is 0.222. The van der Waals surface area contributed by atoms with Crippen molar-refractivity contribution in [2.75, 3.05) is 25.5 Å². The van der Waals surface area contributed by atoms with E-state index in [2.05, 4.69) is 26.6 Å². The van der Waals surface area contributed by atoms with Gasteiger partial charge in [-0.2, -0.15) is 0 Å². The highest BCUT2D eigenvalue weighted by atomic mass is 79.9. The van der Waals surface area contributed by atoms with Gasteiger partial charge in [-0.05, 0) is 42.9 Å². The fourth-order valence-corrected chi connectivity index (χ4v) is 2.60. The Morgan fingerprint density at radius 2 is 1.76 bits per heavy atom. The molecule has 0 fully saturated rings. The number of carbonyl (C=O) groups is 2. The summed E-state index contributed by atoms with van der Waals surface area (Å²) in [5, 5.41) is 5.15. The highest BCUT2D eigenvalue weighted by Gasteiger charge is 2.10. The van der Waals surface area contributed by atoms with Gasteiger partial charge in [0, 0.05) is 16.7 Å². The van der Waals surface area contributed by atoms with Gasteiger partial charge in [0.15, 0.2) is 0 Å². The second-order valence-electron chi connectivity index (χ2n) is 5.60. The first-order valence-corrected chi connectivity index (χ1v) is 8.47. The van der Waals surface area contributed by atoms with E-state index in [-0.39, 0.29) is 30.7 Å². The Labute approximate surface area is 154 Å². The molecule has 2 N–H and O–H groups in total. The maximum absolute atomic E-state index is 12.8. The number of nitrogens with zero attached hydrogens (tertiary/aromatic N) is 1. The van der Waals surface area contributed by atoms with Crippen LogP contribution >= 0.6 is 15.9 Å². The summed E-state index contributed by atoms with van der Waals surface area (Å²) in [5.41, 5.74) is 1.55. The molecule has 0 aliphatic carbocycles. The van der Waals surface area contributed by atoms with Crippen LogP contribution in [-0.4, -0.2) is 36.9 Å². The van der Waals surface area contributed by atoms with Crippen LogP contribution in [0.1, 0.15) is 5.56 Å². The van der Waals surface area contributed by atoms with Gasteiger partial charge < -0.3 is 10.6 Å². The molecule has 0 bridgehead atoms. The van der Waals surface area contributed by atoms with Gasteiger partial charge in [0.25, 0.3) is 0 Å². The third-order valence-electron chi connectivity index (χ3n) is 3.39. The maximum Gasteiger partial charge on any atom is 0.243 e. The van der Waals surface area contributed by atoms with Gasteiger partial charge in [0.05, 0.1) is 13.1 Å². The van der Waals surface area contributed by atoms with Crippen LogP contribution < -0.4 is 10.6 Å². The average Bonchev–Trinajstić information content (AvgIpc) is 2.57. The first-order chi connectivity index (χ1) is 11.9. The van der Waals surface area contributed by atoms with Crippen molar-refractivity contribution in [3.63, 3.8) is 0 Å². The van der Waals surface area contributed by atoms with Crippen molar-refractivity contribution in [2.24, 2.45) is 0 Å². The molecule has 0 radical (unpaired) electrons. The molecule has 7 heteroatoms. The normalized spacial score (nSPS) is 10.6. The van der Waals surface area contributed by atoms with E-state index < -0.39 is 0 Å². The Bertz CT molecular complexity index is 737. The van der Waals surface area contributed by atoms with Crippen molar-refractivity contribution < 1.29 is 14.0 Å². The van der Waals surface area contributed by atoms with E-state index in [0.717, 1.165) is 10.0 Å². The summed E-state index contributed by atoms with van der Waals surface area (Å²) in [7, 11) is 1.83. The van der Waals surface area contributed by atoms with E-state index in [1.807, 2.05) is 36.2 Å². The molecule has 0 aromatic heterocycles. The Kier molecular flexibility index (Phi) is 7.09. The quantitative estimate of drug-likeness (QED) is 0.741. The number of benzene rings is 2. The van der Waals surface area contributed by atoms with Crippen LogP contribution in [0, 0.1) is 5.82 Å². The van der Waals surface area contributed by atoms with Crippen molar-refractivity contribution in [1.82, 2.24) is 10.2 Å². The minimum atomic E-state index is -0.376. The van der Waals surface area contributed by atoms with Gasteiger partial charge in [0.1, 0.15) is 5.82 Å². The molecular formula is C18H19BrFN3O2. The van der Waals surface area contributed by atoms with E-state index in [9.17, 15) is 14.0 Å². The molecule has 2 rings (SSSR count). The van der Waals surface area contributed by atoms with Crippen LogP contribution in [0.5, 0.6) is 0 Å². The average molecular weight is 408 g/mol. The molecule has 0 unspecified atom stereocenters. The zero-order chi connectivity index (χ0) is 18.2. The number of rotatable bonds is 7. The monoisotopic (exact) mass is 407 g/mol. The molecule has 0 saturated heterocycles. The van der Waals surface area contributed by atoms with Crippen LogP contribution in [0.4, 0.5) is 10.1 Å². The first-order valence-electron chi connectivity index (χ1n) is 7.68. The molecule has 5 nitrogen and oxygen atoms in total. The zero-order valence-electron chi connectivity index (χ0n) is 13.8. The van der Waals surface area contributed by atoms with Crippen LogP contribution in [0.15, 0.2) is 53.0 Å². The minimum Gasteiger partial charge on any atom is -0.346 e. The van der Waals surface area contributed by atoms with Gasteiger partial charge in [-0.1, -0.05) is 34.1 Å². The summed E-state index contributed by atoms with van der Waals surface area (Å²) in [6, 6.07) is 13.2. The van der Waals surface area contributed by atoms with Crippen molar-refractivity contribution in [3.05, 3.63) is 64.4 Å². The second-order valence-corrected chi connectivity index (χ2v) is 6.45. The lowest BCUT2D eigenvalue weighted by atomic mass is 10.2. The predicted molar refractivity (Wildman–Crippen MR) is 98.5 cm³/mol. The number of nitrogens with one attached hydrogen (secondary N) is 2. The van der Waals surface area contributed by atoms with E-state index in [0.29, 0.717) is 12.2 Å². The Morgan fingerprint density at radius 3 is 2.44 bits per heavy atom. The minimum absolute atomic E-state index is 0.140. The van der Waals surface area contributed by atoms with Gasteiger partial charge >= 0.3 is 0 Å². The van der Waals surface area contributed by atoms with Crippen molar-refractivity contribution in [2.45, 2.75) is 6.54 Å². The summed E-state index contributed by atoms with van der Waals surface area (Å²) < 4.78 is 13.8. The largest absolute Gasteiger partial charge is 0.346 e. The Balaban J connectivity index is 1.73. The van der Waals surface area contributed by atoms with Gasteiger partial charge in [-0.25, -0.2) is 4.39 Å². The highest BCUT2D eigenvalue weighted by Crippen LogP contribution is 2.17. The zero-order valence-corrected chi connectivity index (χ0v) is 15.3. The summed E-state index contributed by atoms with van der Waals surface area (Å²) in [6.45, 7) is 0.640.